The number of nitrogens with one attached hydrogen (secondary N) is 1. The summed E-state index contributed by atoms with van der Waals surface area (Å²) in [6.07, 6.45) is 0.656. The Morgan fingerprint density at radius 2 is 2.31 bits per heavy atom. The lowest BCUT2D eigenvalue weighted by Gasteiger charge is -2.24. The molecule has 1 unspecified atom stereocenters. The Morgan fingerprint density at radius 1 is 1.62 bits per heavy atom. The Bertz CT molecular complexity index is 245. The van der Waals surface area contributed by atoms with Gasteiger partial charge in [0.2, 0.25) is 0 Å². The van der Waals surface area contributed by atoms with Crippen LogP contribution >= 0.6 is 0 Å². The maximum absolute atomic E-state index is 5.84. The highest BCUT2D eigenvalue weighted by Crippen LogP contribution is 2.20. The summed E-state index contributed by atoms with van der Waals surface area (Å²) in [6, 6.07) is -0.242. The van der Waals surface area contributed by atoms with Gasteiger partial charge in [-0.1, -0.05) is 5.21 Å². The number of H-pyrrole nitrogens is 1. The first kappa shape index (κ1) is 10.1. The van der Waals surface area contributed by atoms with Crippen molar-refractivity contribution in [2.75, 3.05) is 7.11 Å². The van der Waals surface area contributed by atoms with Crippen molar-refractivity contribution in [2.45, 2.75) is 31.9 Å². The van der Waals surface area contributed by atoms with Crippen LogP contribution in [0.15, 0.2) is 0 Å². The van der Waals surface area contributed by atoms with Crippen LogP contribution in [0, 0.1) is 0 Å². The molecule has 6 nitrogen and oxygen atoms in total. The van der Waals surface area contributed by atoms with Crippen molar-refractivity contribution in [3.63, 3.8) is 0 Å². The SMILES string of the molecule is COC(C)(C)CC(N)c1nn[nH]n1. The average Bonchev–Trinajstić information content (AvgIpc) is 2.55. The molecule has 1 rings (SSSR count). The number of aromatic nitrogens is 4. The first-order valence-corrected chi connectivity index (χ1v) is 4.09. The Hall–Kier alpha value is -1.01. The van der Waals surface area contributed by atoms with Gasteiger partial charge in [0.05, 0.1) is 11.6 Å². The van der Waals surface area contributed by atoms with E-state index in [-0.39, 0.29) is 11.6 Å². The van der Waals surface area contributed by atoms with Gasteiger partial charge in [-0.15, -0.1) is 10.2 Å². The van der Waals surface area contributed by atoms with E-state index in [1.165, 1.54) is 0 Å². The van der Waals surface area contributed by atoms with E-state index in [0.29, 0.717) is 12.2 Å². The van der Waals surface area contributed by atoms with Crippen molar-refractivity contribution >= 4 is 0 Å². The van der Waals surface area contributed by atoms with Crippen molar-refractivity contribution in [3.8, 4) is 0 Å². The van der Waals surface area contributed by atoms with Gasteiger partial charge in [0, 0.05) is 7.11 Å². The second-order valence-electron chi connectivity index (χ2n) is 3.54. The van der Waals surface area contributed by atoms with E-state index in [1.807, 2.05) is 13.8 Å². The number of tetrazole rings is 1. The average molecular weight is 185 g/mol. The largest absolute Gasteiger partial charge is 0.379 e. The van der Waals surface area contributed by atoms with Crippen LogP contribution in [0.3, 0.4) is 0 Å². The number of rotatable bonds is 4. The molecule has 1 aromatic heterocycles. The Morgan fingerprint density at radius 3 is 2.77 bits per heavy atom. The van der Waals surface area contributed by atoms with Crippen LogP contribution in [-0.2, 0) is 4.74 Å². The first-order valence-electron chi connectivity index (χ1n) is 4.09. The predicted octanol–water partition coefficient (Wildman–Crippen LogP) is 0.0146. The highest BCUT2D eigenvalue weighted by Gasteiger charge is 2.23. The van der Waals surface area contributed by atoms with Gasteiger partial charge in [-0.05, 0) is 20.3 Å². The van der Waals surface area contributed by atoms with Gasteiger partial charge in [0.15, 0.2) is 5.82 Å². The van der Waals surface area contributed by atoms with Gasteiger partial charge in [-0.25, -0.2) is 0 Å². The molecule has 1 aromatic rings. The molecule has 0 amide bonds. The summed E-state index contributed by atoms with van der Waals surface area (Å²) in [5.41, 5.74) is 5.57. The van der Waals surface area contributed by atoms with Crippen LogP contribution in [0.25, 0.3) is 0 Å². The standard InChI is InChI=1S/C7H15N5O/c1-7(2,13-3)4-5(8)6-9-11-12-10-6/h5H,4,8H2,1-3H3,(H,9,10,11,12). The minimum absolute atomic E-state index is 0.242. The lowest BCUT2D eigenvalue weighted by atomic mass is 9.99. The number of methoxy groups -OCH3 is 1. The number of ether oxygens (including phenoxy) is 1. The number of hydrogen-bond donors (Lipinski definition) is 2. The van der Waals surface area contributed by atoms with Crippen molar-refractivity contribution in [3.05, 3.63) is 5.82 Å². The maximum Gasteiger partial charge on any atom is 0.191 e. The summed E-state index contributed by atoms with van der Waals surface area (Å²) in [4.78, 5) is 0. The molecule has 0 radical (unpaired) electrons. The van der Waals surface area contributed by atoms with Crippen molar-refractivity contribution in [1.29, 1.82) is 0 Å². The summed E-state index contributed by atoms with van der Waals surface area (Å²) in [5, 5.41) is 13.4. The van der Waals surface area contributed by atoms with Crippen LogP contribution in [-0.4, -0.2) is 33.3 Å². The summed E-state index contributed by atoms with van der Waals surface area (Å²) in [5.74, 6) is 0.519. The van der Waals surface area contributed by atoms with Crippen LogP contribution < -0.4 is 5.73 Å². The highest BCUT2D eigenvalue weighted by atomic mass is 16.5. The molecule has 3 N–H and O–H groups in total. The summed E-state index contributed by atoms with van der Waals surface area (Å²) >= 11 is 0. The zero-order valence-corrected chi connectivity index (χ0v) is 8.11. The third kappa shape index (κ3) is 2.74. The second kappa shape index (κ2) is 3.80. The molecule has 0 bridgehead atoms. The fourth-order valence-electron chi connectivity index (χ4n) is 1.03. The topological polar surface area (TPSA) is 89.7 Å². The maximum atomic E-state index is 5.84. The second-order valence-corrected chi connectivity index (χ2v) is 3.54. The normalized spacial score (nSPS) is 14.5. The van der Waals surface area contributed by atoms with E-state index >= 15 is 0 Å². The minimum Gasteiger partial charge on any atom is -0.379 e. The smallest absolute Gasteiger partial charge is 0.191 e. The van der Waals surface area contributed by atoms with E-state index in [9.17, 15) is 0 Å². The molecule has 0 saturated heterocycles. The highest BCUT2D eigenvalue weighted by molar-refractivity contribution is 4.90. The van der Waals surface area contributed by atoms with Crippen molar-refractivity contribution in [2.24, 2.45) is 5.73 Å². The summed E-state index contributed by atoms with van der Waals surface area (Å²) in [7, 11) is 1.66. The number of nitrogens with two attached hydrogens (primary N) is 1. The van der Waals surface area contributed by atoms with Crippen LogP contribution in [0.5, 0.6) is 0 Å². The van der Waals surface area contributed by atoms with Crippen LogP contribution in [0.1, 0.15) is 32.1 Å². The number of aromatic amines is 1. The van der Waals surface area contributed by atoms with Gasteiger partial charge in [0.25, 0.3) is 0 Å². The minimum atomic E-state index is -0.264. The molecule has 0 saturated carbocycles. The van der Waals surface area contributed by atoms with Gasteiger partial charge in [-0.2, -0.15) is 5.21 Å². The fourth-order valence-corrected chi connectivity index (χ4v) is 1.03. The van der Waals surface area contributed by atoms with Gasteiger partial charge in [0.1, 0.15) is 0 Å². The van der Waals surface area contributed by atoms with Crippen molar-refractivity contribution < 1.29 is 4.74 Å². The van der Waals surface area contributed by atoms with Crippen LogP contribution in [0.2, 0.25) is 0 Å². The molecule has 0 aromatic carbocycles. The summed E-state index contributed by atoms with van der Waals surface area (Å²) in [6.45, 7) is 3.93. The predicted molar refractivity (Wildman–Crippen MR) is 46.8 cm³/mol. The molecule has 1 heterocycles. The zero-order valence-electron chi connectivity index (χ0n) is 8.11. The molecule has 6 heteroatoms. The lowest BCUT2D eigenvalue weighted by molar-refractivity contribution is 0.00934. The molecule has 1 atom stereocenters. The quantitative estimate of drug-likeness (QED) is 0.690. The van der Waals surface area contributed by atoms with E-state index in [0.717, 1.165) is 0 Å². The van der Waals surface area contributed by atoms with Gasteiger partial charge >= 0.3 is 0 Å². The molecular formula is C7H15N5O. The molecule has 74 valence electrons. The summed E-state index contributed by atoms with van der Waals surface area (Å²) < 4.78 is 5.24. The lowest BCUT2D eigenvalue weighted by Crippen LogP contribution is -2.29. The first-order chi connectivity index (χ1) is 6.05. The number of hydrogen-bond acceptors (Lipinski definition) is 5. The third-order valence-electron chi connectivity index (χ3n) is 1.96. The van der Waals surface area contributed by atoms with E-state index in [1.54, 1.807) is 7.11 Å². The van der Waals surface area contributed by atoms with E-state index in [4.69, 9.17) is 10.5 Å². The van der Waals surface area contributed by atoms with E-state index in [2.05, 4.69) is 20.6 Å². The molecule has 0 spiro atoms. The van der Waals surface area contributed by atoms with Crippen LogP contribution in [0.4, 0.5) is 0 Å². The van der Waals surface area contributed by atoms with Crippen molar-refractivity contribution in [1.82, 2.24) is 20.6 Å². The molecule has 0 aliphatic carbocycles. The fraction of sp³-hybridized carbons (Fsp3) is 0.857. The number of nitrogens with zero attached hydrogens (tertiary/aromatic N) is 3. The van der Waals surface area contributed by atoms with Gasteiger partial charge in [-0.3, -0.25) is 0 Å². The molecule has 13 heavy (non-hydrogen) atoms. The zero-order chi connectivity index (χ0) is 9.90. The third-order valence-corrected chi connectivity index (χ3v) is 1.96. The molecule has 0 fully saturated rings. The Balaban J connectivity index is 2.56. The monoisotopic (exact) mass is 185 g/mol. The molecule has 0 aliphatic heterocycles. The molecule has 0 aliphatic rings. The van der Waals surface area contributed by atoms with E-state index < -0.39 is 0 Å². The Kier molecular flexibility index (Phi) is 2.94. The molecular weight excluding hydrogens is 170 g/mol. The Labute approximate surface area is 76.8 Å². The van der Waals surface area contributed by atoms with Gasteiger partial charge < -0.3 is 10.5 Å².